The quantitative estimate of drug-likeness (QED) is 0.780. The minimum Gasteiger partial charge on any atom is -0.314 e. The summed E-state index contributed by atoms with van der Waals surface area (Å²) in [6.45, 7) is 3.32. The molecule has 0 aromatic heterocycles. The van der Waals surface area contributed by atoms with E-state index in [0.717, 1.165) is 18.5 Å². The van der Waals surface area contributed by atoms with Crippen LogP contribution in [0.15, 0.2) is 24.3 Å². The lowest BCUT2D eigenvalue weighted by Crippen LogP contribution is -2.31. The van der Waals surface area contributed by atoms with Gasteiger partial charge in [-0.1, -0.05) is 44.4 Å². The Bertz CT molecular complexity index is 377. The van der Waals surface area contributed by atoms with E-state index in [9.17, 15) is 4.39 Å². The molecular weight excluding hydrogens is 237 g/mol. The fraction of sp³-hybridized carbons (Fsp3) is 0.647. The molecule has 1 aliphatic rings. The maximum Gasteiger partial charge on any atom is 0.126 e. The third-order valence-corrected chi connectivity index (χ3v) is 4.18. The van der Waals surface area contributed by atoms with Gasteiger partial charge in [0, 0.05) is 6.04 Å². The lowest BCUT2D eigenvalue weighted by atomic mass is 9.91. The summed E-state index contributed by atoms with van der Waals surface area (Å²) in [5.41, 5.74) is 0.892. The third-order valence-electron chi connectivity index (χ3n) is 4.18. The molecule has 0 radical (unpaired) electrons. The van der Waals surface area contributed by atoms with Crippen LogP contribution in [0.4, 0.5) is 4.39 Å². The maximum absolute atomic E-state index is 13.7. The van der Waals surface area contributed by atoms with E-state index >= 15 is 0 Å². The molecule has 1 N–H and O–H groups in total. The number of hydrogen-bond acceptors (Lipinski definition) is 1. The van der Waals surface area contributed by atoms with E-state index in [2.05, 4.69) is 12.2 Å². The molecule has 1 aromatic rings. The van der Waals surface area contributed by atoms with Gasteiger partial charge in [-0.15, -0.1) is 0 Å². The van der Waals surface area contributed by atoms with Crippen molar-refractivity contribution in [3.63, 3.8) is 0 Å². The average Bonchev–Trinajstić information content (AvgIpc) is 2.64. The van der Waals surface area contributed by atoms with E-state index in [-0.39, 0.29) is 5.82 Å². The summed E-state index contributed by atoms with van der Waals surface area (Å²) in [5, 5.41) is 3.65. The summed E-state index contributed by atoms with van der Waals surface area (Å²) in [6, 6.07) is 7.88. The highest BCUT2D eigenvalue weighted by Gasteiger charge is 2.20. The van der Waals surface area contributed by atoms with Crippen molar-refractivity contribution in [1.29, 1.82) is 0 Å². The second-order valence-electron chi connectivity index (χ2n) is 5.83. The molecule has 2 unspecified atom stereocenters. The van der Waals surface area contributed by atoms with Crippen LogP contribution in [-0.4, -0.2) is 12.6 Å². The Hall–Kier alpha value is -0.890. The van der Waals surface area contributed by atoms with E-state index in [1.54, 1.807) is 12.1 Å². The molecule has 2 heteroatoms. The lowest BCUT2D eigenvalue weighted by Gasteiger charge is -2.21. The lowest BCUT2D eigenvalue weighted by molar-refractivity contribution is 0.381. The monoisotopic (exact) mass is 263 g/mol. The summed E-state index contributed by atoms with van der Waals surface area (Å²) in [5.74, 6) is 0.596. The fourth-order valence-electron chi connectivity index (χ4n) is 3.16. The molecule has 1 aliphatic carbocycles. The van der Waals surface area contributed by atoms with Crippen molar-refractivity contribution >= 4 is 0 Å². The van der Waals surface area contributed by atoms with Gasteiger partial charge in [-0.25, -0.2) is 4.39 Å². The van der Waals surface area contributed by atoms with Crippen LogP contribution in [0, 0.1) is 11.7 Å². The zero-order valence-corrected chi connectivity index (χ0v) is 12.0. The van der Waals surface area contributed by atoms with Gasteiger partial charge in [0.25, 0.3) is 0 Å². The van der Waals surface area contributed by atoms with E-state index in [4.69, 9.17) is 0 Å². The minimum atomic E-state index is -0.0372. The Balaban J connectivity index is 1.93. The molecule has 1 fully saturated rings. The molecule has 2 rings (SSSR count). The predicted molar refractivity (Wildman–Crippen MR) is 78.8 cm³/mol. The minimum absolute atomic E-state index is 0.0372. The van der Waals surface area contributed by atoms with Crippen LogP contribution in [0.2, 0.25) is 0 Å². The Labute approximate surface area is 116 Å². The molecule has 0 saturated heterocycles. The van der Waals surface area contributed by atoms with Gasteiger partial charge in [-0.3, -0.25) is 0 Å². The molecule has 1 aromatic carbocycles. The first kappa shape index (κ1) is 14.5. The van der Waals surface area contributed by atoms with Gasteiger partial charge in [0.05, 0.1) is 0 Å². The average molecular weight is 263 g/mol. The van der Waals surface area contributed by atoms with Crippen LogP contribution in [0.1, 0.15) is 51.0 Å². The van der Waals surface area contributed by atoms with Gasteiger partial charge in [0.2, 0.25) is 0 Å². The molecule has 1 nitrogen and oxygen atoms in total. The normalized spacial score (nSPS) is 24.1. The standard InChI is InChI=1S/C17H26FN/c1-2-11-19-16-9-5-3-7-14(13-16)12-15-8-4-6-10-17(15)18/h4,6,8,10,14,16,19H,2-3,5,7,9,11-13H2,1H3. The second kappa shape index (κ2) is 7.64. The first-order valence-corrected chi connectivity index (χ1v) is 7.76. The van der Waals surface area contributed by atoms with Crippen LogP contribution >= 0.6 is 0 Å². The van der Waals surface area contributed by atoms with E-state index in [1.807, 2.05) is 12.1 Å². The van der Waals surface area contributed by atoms with E-state index in [1.165, 1.54) is 38.5 Å². The van der Waals surface area contributed by atoms with Gasteiger partial charge in [0.15, 0.2) is 0 Å². The zero-order chi connectivity index (χ0) is 13.5. The van der Waals surface area contributed by atoms with Crippen molar-refractivity contribution in [3.8, 4) is 0 Å². The van der Waals surface area contributed by atoms with Gasteiger partial charge < -0.3 is 5.32 Å². The summed E-state index contributed by atoms with van der Waals surface area (Å²) in [6.07, 6.45) is 8.44. The van der Waals surface area contributed by atoms with Gasteiger partial charge >= 0.3 is 0 Å². The van der Waals surface area contributed by atoms with Crippen molar-refractivity contribution in [2.45, 2.75) is 57.9 Å². The predicted octanol–water partition coefficient (Wildman–Crippen LogP) is 4.32. The Kier molecular flexibility index (Phi) is 5.84. The highest BCUT2D eigenvalue weighted by Crippen LogP contribution is 2.27. The number of nitrogens with one attached hydrogen (secondary N) is 1. The van der Waals surface area contributed by atoms with E-state index < -0.39 is 0 Å². The highest BCUT2D eigenvalue weighted by atomic mass is 19.1. The fourth-order valence-corrected chi connectivity index (χ4v) is 3.16. The number of rotatable bonds is 5. The summed E-state index contributed by atoms with van der Waals surface area (Å²) >= 11 is 0. The van der Waals surface area contributed by atoms with Crippen LogP contribution in [0.5, 0.6) is 0 Å². The van der Waals surface area contributed by atoms with Gasteiger partial charge in [-0.2, -0.15) is 0 Å². The maximum atomic E-state index is 13.7. The molecule has 19 heavy (non-hydrogen) atoms. The zero-order valence-electron chi connectivity index (χ0n) is 12.0. The van der Waals surface area contributed by atoms with Crippen LogP contribution in [0.3, 0.4) is 0 Å². The first-order chi connectivity index (χ1) is 9.29. The van der Waals surface area contributed by atoms with Crippen LogP contribution < -0.4 is 5.32 Å². The number of hydrogen-bond donors (Lipinski definition) is 1. The van der Waals surface area contributed by atoms with Crippen molar-refractivity contribution < 1.29 is 4.39 Å². The van der Waals surface area contributed by atoms with Crippen LogP contribution in [0.25, 0.3) is 0 Å². The molecule has 0 heterocycles. The molecule has 0 bridgehead atoms. The topological polar surface area (TPSA) is 12.0 Å². The second-order valence-corrected chi connectivity index (χ2v) is 5.83. The smallest absolute Gasteiger partial charge is 0.126 e. The van der Waals surface area contributed by atoms with Crippen molar-refractivity contribution in [2.24, 2.45) is 5.92 Å². The van der Waals surface area contributed by atoms with Crippen LogP contribution in [-0.2, 0) is 6.42 Å². The number of benzene rings is 1. The molecular formula is C17H26FN. The molecule has 0 spiro atoms. The molecule has 0 aliphatic heterocycles. The SMILES string of the molecule is CCCNC1CCCCC(Cc2ccccc2F)C1. The van der Waals surface area contributed by atoms with Crippen molar-refractivity contribution in [3.05, 3.63) is 35.6 Å². The summed E-state index contributed by atoms with van der Waals surface area (Å²) in [4.78, 5) is 0. The highest BCUT2D eigenvalue weighted by molar-refractivity contribution is 5.17. The Morgan fingerprint density at radius 2 is 2.00 bits per heavy atom. The summed E-state index contributed by atoms with van der Waals surface area (Å²) in [7, 11) is 0. The third kappa shape index (κ3) is 4.61. The van der Waals surface area contributed by atoms with Crippen molar-refractivity contribution in [1.82, 2.24) is 5.32 Å². The summed E-state index contributed by atoms with van der Waals surface area (Å²) < 4.78 is 13.7. The first-order valence-electron chi connectivity index (χ1n) is 7.76. The molecule has 2 atom stereocenters. The Morgan fingerprint density at radius 1 is 1.21 bits per heavy atom. The molecule has 106 valence electrons. The number of halogens is 1. The van der Waals surface area contributed by atoms with Gasteiger partial charge in [0.1, 0.15) is 5.82 Å². The van der Waals surface area contributed by atoms with Crippen molar-refractivity contribution in [2.75, 3.05) is 6.54 Å². The Morgan fingerprint density at radius 3 is 2.79 bits per heavy atom. The van der Waals surface area contributed by atoms with Gasteiger partial charge in [-0.05, 0) is 49.8 Å². The molecule has 1 saturated carbocycles. The molecule has 0 amide bonds. The van der Waals surface area contributed by atoms with E-state index in [0.29, 0.717) is 12.0 Å². The largest absolute Gasteiger partial charge is 0.314 e.